The first-order valence-electron chi connectivity index (χ1n) is 7.79. The molecule has 0 atom stereocenters. The average molecular weight is 425 g/mol. The van der Waals surface area contributed by atoms with Crippen LogP contribution in [0.3, 0.4) is 0 Å². The summed E-state index contributed by atoms with van der Waals surface area (Å²) in [4.78, 5) is 2.05. The summed E-state index contributed by atoms with van der Waals surface area (Å²) < 4.78 is 64.8. The van der Waals surface area contributed by atoms with E-state index in [1.54, 1.807) is 5.38 Å². The molecule has 0 spiro atoms. The minimum atomic E-state index is -4.64. The summed E-state index contributed by atoms with van der Waals surface area (Å²) >= 11 is 6.80. The fraction of sp³-hybridized carbons (Fsp3) is 0.375. The van der Waals surface area contributed by atoms with Crippen LogP contribution in [0.25, 0.3) is 0 Å². The minimum absolute atomic E-state index is 0.0548. The van der Waals surface area contributed by atoms with Crippen molar-refractivity contribution in [2.75, 3.05) is 31.1 Å². The summed E-state index contributed by atoms with van der Waals surface area (Å²) in [5.41, 5.74) is -0.552. The van der Waals surface area contributed by atoms with Crippen molar-refractivity contribution in [1.29, 1.82) is 0 Å². The van der Waals surface area contributed by atoms with Gasteiger partial charge in [0.15, 0.2) is 9.84 Å². The molecule has 0 aliphatic carbocycles. The van der Waals surface area contributed by atoms with E-state index in [2.05, 4.69) is 5.32 Å². The van der Waals surface area contributed by atoms with E-state index in [1.165, 1.54) is 6.07 Å². The number of sulfone groups is 1. The van der Waals surface area contributed by atoms with E-state index in [1.807, 2.05) is 4.90 Å². The molecule has 3 rings (SSSR count). The second-order valence-corrected chi connectivity index (χ2v) is 9.48. The van der Waals surface area contributed by atoms with E-state index in [0.29, 0.717) is 0 Å². The Morgan fingerprint density at radius 3 is 2.54 bits per heavy atom. The molecule has 0 unspecified atom stereocenters. The van der Waals surface area contributed by atoms with Crippen LogP contribution >= 0.6 is 22.9 Å². The first-order valence-corrected chi connectivity index (χ1v) is 10.7. The number of hydrogen-bond donors (Lipinski definition) is 1. The van der Waals surface area contributed by atoms with Crippen molar-refractivity contribution in [2.45, 2.75) is 16.1 Å². The summed E-state index contributed by atoms with van der Waals surface area (Å²) in [6, 6.07) is 4.51. The topological polar surface area (TPSA) is 49.4 Å². The van der Waals surface area contributed by atoms with Crippen molar-refractivity contribution < 1.29 is 21.6 Å². The molecule has 142 valence electrons. The second kappa shape index (κ2) is 7.38. The maximum Gasteiger partial charge on any atom is 0.416 e. The molecule has 1 aromatic heterocycles. The van der Waals surface area contributed by atoms with E-state index >= 15 is 0 Å². The van der Waals surface area contributed by atoms with Crippen LogP contribution in [0.2, 0.25) is 5.02 Å². The van der Waals surface area contributed by atoms with Gasteiger partial charge in [0, 0.05) is 42.3 Å². The highest BCUT2D eigenvalue weighted by Gasteiger charge is 2.35. The normalized spacial score (nSPS) is 16.1. The number of halogens is 4. The highest BCUT2D eigenvalue weighted by atomic mass is 35.5. The highest BCUT2D eigenvalue weighted by molar-refractivity contribution is 7.92. The number of nitrogens with one attached hydrogen (secondary N) is 1. The summed E-state index contributed by atoms with van der Waals surface area (Å²) in [7, 11) is -3.91. The highest BCUT2D eigenvalue weighted by Crippen LogP contribution is 2.36. The molecule has 2 heterocycles. The number of nitrogens with zero attached hydrogens (tertiary/aromatic N) is 1. The third-order valence-corrected chi connectivity index (χ3v) is 7.49. The van der Waals surface area contributed by atoms with Crippen molar-refractivity contribution in [2.24, 2.45) is 0 Å². The monoisotopic (exact) mass is 424 g/mol. The van der Waals surface area contributed by atoms with Gasteiger partial charge >= 0.3 is 6.18 Å². The van der Waals surface area contributed by atoms with Crippen LogP contribution in [0.4, 0.5) is 18.9 Å². The summed E-state index contributed by atoms with van der Waals surface area (Å²) in [5, 5.41) is 4.99. The predicted octanol–water partition coefficient (Wildman–Crippen LogP) is 3.80. The van der Waals surface area contributed by atoms with Gasteiger partial charge in [-0.3, -0.25) is 0 Å². The second-order valence-electron chi connectivity index (χ2n) is 5.92. The van der Waals surface area contributed by atoms with Gasteiger partial charge in [0.2, 0.25) is 0 Å². The van der Waals surface area contributed by atoms with Gasteiger partial charge in [0.25, 0.3) is 0 Å². The van der Waals surface area contributed by atoms with Crippen LogP contribution < -0.4 is 10.2 Å². The lowest BCUT2D eigenvalue weighted by Crippen LogP contribution is -2.43. The van der Waals surface area contributed by atoms with Crippen molar-refractivity contribution in [1.82, 2.24) is 5.32 Å². The molecular formula is C16H16ClF3N2O2S2. The quantitative estimate of drug-likeness (QED) is 0.811. The Kier molecular flexibility index (Phi) is 5.53. The standard InChI is InChI=1S/C16H16ClF3N2O2S2/c17-12-1-2-14(16(18,19)20)11(7-12)10-26(23,24)15-8-13(9-25-15)22-5-3-21-4-6-22/h1-2,7-9,21H,3-6,10H2. The molecule has 0 saturated carbocycles. The lowest BCUT2D eigenvalue weighted by atomic mass is 10.1. The molecule has 2 aromatic rings. The van der Waals surface area contributed by atoms with Gasteiger partial charge in [-0.1, -0.05) is 11.6 Å². The molecule has 4 nitrogen and oxygen atoms in total. The Hall–Kier alpha value is -1.29. The number of alkyl halides is 3. The lowest BCUT2D eigenvalue weighted by molar-refractivity contribution is -0.138. The number of hydrogen-bond acceptors (Lipinski definition) is 5. The largest absolute Gasteiger partial charge is 0.416 e. The molecular weight excluding hydrogens is 409 g/mol. The fourth-order valence-electron chi connectivity index (χ4n) is 2.79. The summed E-state index contributed by atoms with van der Waals surface area (Å²) in [5.74, 6) is -0.746. The molecule has 26 heavy (non-hydrogen) atoms. The summed E-state index contributed by atoms with van der Waals surface area (Å²) in [6.45, 7) is 3.11. The van der Waals surface area contributed by atoms with Crippen LogP contribution in [-0.2, 0) is 21.8 Å². The molecule has 1 fully saturated rings. The van der Waals surface area contributed by atoms with Gasteiger partial charge in [0.05, 0.1) is 11.3 Å². The molecule has 1 N–H and O–H groups in total. The third-order valence-electron chi connectivity index (χ3n) is 4.07. The molecule has 0 radical (unpaired) electrons. The Balaban J connectivity index is 1.88. The van der Waals surface area contributed by atoms with Crippen molar-refractivity contribution >= 4 is 38.5 Å². The Morgan fingerprint density at radius 1 is 1.19 bits per heavy atom. The van der Waals surface area contributed by atoms with Crippen molar-refractivity contribution in [3.63, 3.8) is 0 Å². The molecule has 1 aromatic carbocycles. The minimum Gasteiger partial charge on any atom is -0.368 e. The number of rotatable bonds is 4. The van der Waals surface area contributed by atoms with E-state index in [9.17, 15) is 21.6 Å². The van der Waals surface area contributed by atoms with E-state index in [-0.39, 0.29) is 14.8 Å². The maximum atomic E-state index is 13.2. The Labute approximate surface area is 158 Å². The van der Waals surface area contributed by atoms with Crippen LogP contribution in [0.1, 0.15) is 11.1 Å². The predicted molar refractivity (Wildman–Crippen MR) is 96.7 cm³/mol. The number of piperazine rings is 1. The molecule has 1 aliphatic rings. The molecule has 0 bridgehead atoms. The van der Waals surface area contributed by atoms with Gasteiger partial charge < -0.3 is 10.2 Å². The van der Waals surface area contributed by atoms with Crippen molar-refractivity contribution in [3.8, 4) is 0 Å². The molecule has 1 saturated heterocycles. The molecule has 1 aliphatic heterocycles. The zero-order chi connectivity index (χ0) is 18.9. The van der Waals surface area contributed by atoms with Crippen LogP contribution in [0.5, 0.6) is 0 Å². The zero-order valence-electron chi connectivity index (χ0n) is 13.5. The van der Waals surface area contributed by atoms with E-state index in [4.69, 9.17) is 11.6 Å². The van der Waals surface area contributed by atoms with Crippen LogP contribution in [0.15, 0.2) is 33.9 Å². The average Bonchev–Trinajstić information content (AvgIpc) is 3.05. The Bertz CT molecular complexity index is 891. The number of anilines is 1. The fourth-order valence-corrected chi connectivity index (χ4v) is 5.63. The third kappa shape index (κ3) is 4.33. The smallest absolute Gasteiger partial charge is 0.368 e. The molecule has 10 heteroatoms. The van der Waals surface area contributed by atoms with E-state index < -0.39 is 27.3 Å². The van der Waals surface area contributed by atoms with Crippen LogP contribution in [0, 0.1) is 0 Å². The first-order chi connectivity index (χ1) is 12.2. The lowest BCUT2D eigenvalue weighted by Gasteiger charge is -2.28. The zero-order valence-corrected chi connectivity index (χ0v) is 15.9. The van der Waals surface area contributed by atoms with Gasteiger partial charge in [-0.15, -0.1) is 11.3 Å². The van der Waals surface area contributed by atoms with Crippen LogP contribution in [-0.4, -0.2) is 34.6 Å². The molecule has 0 amide bonds. The first kappa shape index (κ1) is 19.5. The van der Waals surface area contributed by atoms with Crippen molar-refractivity contribution in [3.05, 3.63) is 45.8 Å². The maximum absolute atomic E-state index is 13.2. The number of benzene rings is 1. The summed E-state index contributed by atoms with van der Waals surface area (Å²) in [6.07, 6.45) is -4.64. The van der Waals surface area contributed by atoms with Gasteiger partial charge in [-0.05, 0) is 29.8 Å². The van der Waals surface area contributed by atoms with Gasteiger partial charge in [-0.2, -0.15) is 13.2 Å². The Morgan fingerprint density at radius 2 is 1.88 bits per heavy atom. The number of thiophene rings is 1. The SMILES string of the molecule is O=S(=O)(Cc1cc(Cl)ccc1C(F)(F)F)c1cc(N2CCNCC2)cs1. The van der Waals surface area contributed by atoms with Gasteiger partial charge in [-0.25, -0.2) is 8.42 Å². The van der Waals surface area contributed by atoms with Gasteiger partial charge in [0.1, 0.15) is 4.21 Å². The van der Waals surface area contributed by atoms with E-state index in [0.717, 1.165) is 61.4 Å².